The van der Waals surface area contributed by atoms with Crippen LogP contribution >= 0.6 is 0 Å². The third kappa shape index (κ3) is 6.32. The van der Waals surface area contributed by atoms with E-state index in [2.05, 4.69) is 35.2 Å². The van der Waals surface area contributed by atoms with Crippen LogP contribution in [0.1, 0.15) is 5.56 Å². The smallest absolute Gasteiger partial charge is 0.238 e. The maximum absolute atomic E-state index is 14.6. The van der Waals surface area contributed by atoms with Gasteiger partial charge < -0.3 is 15.2 Å². The van der Waals surface area contributed by atoms with Crippen molar-refractivity contribution >= 4 is 43.7 Å². The monoisotopic (exact) mass is 613 g/mol. The Kier molecular flexibility index (Phi) is 7.63. The second-order valence-electron chi connectivity index (χ2n) is 10.7. The van der Waals surface area contributed by atoms with E-state index in [1.807, 2.05) is 38.4 Å². The molecule has 6 rings (SSSR count). The van der Waals surface area contributed by atoms with Crippen LogP contribution in [0, 0.1) is 5.82 Å². The number of aromatic nitrogens is 6. The number of carbonyl (C=O) groups is 1. The number of aromatic amines is 2. The second kappa shape index (κ2) is 11.6. The number of fused-ring (bicyclic) bond motifs is 2. The van der Waals surface area contributed by atoms with Crippen LogP contribution in [-0.2, 0) is 21.4 Å². The Morgan fingerprint density at radius 1 is 1.02 bits per heavy atom. The molecule has 0 saturated heterocycles. The van der Waals surface area contributed by atoms with Gasteiger partial charge in [-0.05, 0) is 73.3 Å². The van der Waals surface area contributed by atoms with Crippen molar-refractivity contribution in [1.82, 2.24) is 39.8 Å². The van der Waals surface area contributed by atoms with E-state index in [-0.39, 0.29) is 19.0 Å². The van der Waals surface area contributed by atoms with Crippen LogP contribution in [0.15, 0.2) is 67.1 Å². The normalized spacial score (nSPS) is 11.9. The first-order chi connectivity index (χ1) is 21.0. The van der Waals surface area contributed by atoms with Gasteiger partial charge in [0.15, 0.2) is 11.5 Å². The summed E-state index contributed by atoms with van der Waals surface area (Å²) in [6.45, 7) is 0.204. The highest BCUT2D eigenvalue weighted by Gasteiger charge is 2.18. The average Bonchev–Trinajstić information content (AvgIpc) is 3.59. The number of hydrogen-bond donors (Lipinski definition) is 4. The Hall–Kier alpha value is -5.05. The molecule has 0 aliphatic carbocycles. The minimum absolute atomic E-state index is 0.0495. The highest BCUT2D eigenvalue weighted by atomic mass is 32.2. The molecule has 2 aromatic carbocycles. The summed E-state index contributed by atoms with van der Waals surface area (Å²) < 4.78 is 40.1. The van der Waals surface area contributed by atoms with E-state index < -0.39 is 15.8 Å². The zero-order valence-electron chi connectivity index (χ0n) is 24.0. The third-order valence-electron chi connectivity index (χ3n) is 6.79. The number of pyridine rings is 2. The maximum atomic E-state index is 14.6. The van der Waals surface area contributed by atoms with Crippen molar-refractivity contribution in [3.05, 3.63) is 78.5 Å². The molecule has 0 spiro atoms. The number of sulfonamides is 1. The Morgan fingerprint density at radius 3 is 2.66 bits per heavy atom. The quantitative estimate of drug-likeness (QED) is 0.191. The zero-order chi connectivity index (χ0) is 31.0. The lowest BCUT2D eigenvalue weighted by molar-refractivity contribution is -0.116. The molecule has 6 aromatic rings. The molecule has 12 nitrogen and oxygen atoms in total. The van der Waals surface area contributed by atoms with Gasteiger partial charge in [0.1, 0.15) is 17.0 Å². The van der Waals surface area contributed by atoms with Crippen LogP contribution in [0.4, 0.5) is 10.1 Å². The number of halogens is 1. The molecule has 44 heavy (non-hydrogen) atoms. The van der Waals surface area contributed by atoms with Gasteiger partial charge in [0.2, 0.25) is 15.9 Å². The van der Waals surface area contributed by atoms with E-state index in [1.165, 1.54) is 12.1 Å². The largest absolute Gasteiger partial charge is 0.324 e. The second-order valence-corrected chi connectivity index (χ2v) is 12.5. The Morgan fingerprint density at radius 2 is 1.86 bits per heavy atom. The average molecular weight is 614 g/mol. The van der Waals surface area contributed by atoms with Gasteiger partial charge in [-0.1, -0.05) is 6.07 Å². The summed E-state index contributed by atoms with van der Waals surface area (Å²) in [7, 11) is 0.197. The fourth-order valence-electron chi connectivity index (χ4n) is 4.91. The Balaban J connectivity index is 1.36. The lowest BCUT2D eigenvalue weighted by Gasteiger charge is -2.11. The van der Waals surface area contributed by atoms with Crippen molar-refractivity contribution in [1.29, 1.82) is 0 Å². The first kappa shape index (κ1) is 29.0. The topological polar surface area (TPSA) is 162 Å². The highest BCUT2D eigenvalue weighted by molar-refractivity contribution is 7.88. The molecular weight excluding hydrogens is 585 g/mol. The van der Waals surface area contributed by atoms with Gasteiger partial charge in [0, 0.05) is 35.5 Å². The number of H-pyrrole nitrogens is 2. The first-order valence-electron chi connectivity index (χ1n) is 13.5. The minimum atomic E-state index is -3.45. The van der Waals surface area contributed by atoms with Crippen LogP contribution in [0.3, 0.4) is 0 Å². The van der Waals surface area contributed by atoms with Gasteiger partial charge in [-0.3, -0.25) is 14.9 Å². The number of nitrogens with zero attached hydrogens (tertiary/aromatic N) is 5. The molecule has 0 saturated carbocycles. The molecule has 224 valence electrons. The maximum Gasteiger partial charge on any atom is 0.238 e. The van der Waals surface area contributed by atoms with Crippen molar-refractivity contribution in [3.8, 4) is 33.8 Å². The molecule has 0 bridgehead atoms. The highest BCUT2D eigenvalue weighted by Crippen LogP contribution is 2.33. The summed E-state index contributed by atoms with van der Waals surface area (Å²) in [4.78, 5) is 30.8. The van der Waals surface area contributed by atoms with E-state index in [9.17, 15) is 17.6 Å². The number of hydrogen-bond acceptors (Lipinski definition) is 8. The summed E-state index contributed by atoms with van der Waals surface area (Å²) in [5.41, 5.74) is 6.21. The van der Waals surface area contributed by atoms with Crippen molar-refractivity contribution in [2.45, 2.75) is 6.54 Å². The summed E-state index contributed by atoms with van der Waals surface area (Å²) >= 11 is 0. The fourth-order valence-corrected chi connectivity index (χ4v) is 5.33. The SMILES string of the molecule is CN(C)CC(=O)Nc1cncc(-c2ccc3[nH]nc(-c4nc5c(-c6cc(F)cc(CNS(C)(=O)=O)c6)ccnc5[nH]4)c3c2)c1. The van der Waals surface area contributed by atoms with E-state index in [0.717, 1.165) is 28.3 Å². The number of imidazole rings is 1. The van der Waals surface area contributed by atoms with Crippen molar-refractivity contribution in [2.24, 2.45) is 0 Å². The van der Waals surface area contributed by atoms with Gasteiger partial charge in [0.25, 0.3) is 0 Å². The molecule has 4 aromatic heterocycles. The molecule has 0 atom stereocenters. The van der Waals surface area contributed by atoms with E-state index in [1.54, 1.807) is 35.6 Å². The lowest BCUT2D eigenvalue weighted by Crippen LogP contribution is -2.27. The first-order valence-corrected chi connectivity index (χ1v) is 15.4. The predicted molar refractivity (Wildman–Crippen MR) is 166 cm³/mol. The fraction of sp³-hybridized carbons (Fsp3) is 0.167. The van der Waals surface area contributed by atoms with Crippen LogP contribution in [0.2, 0.25) is 0 Å². The number of carbonyl (C=O) groups excluding carboxylic acids is 1. The molecule has 0 fully saturated rings. The van der Waals surface area contributed by atoms with E-state index in [0.29, 0.717) is 45.1 Å². The van der Waals surface area contributed by atoms with Crippen molar-refractivity contribution in [3.63, 3.8) is 0 Å². The number of likely N-dealkylation sites (N-methyl/N-ethyl adjacent to an activating group) is 1. The molecule has 0 radical (unpaired) electrons. The molecule has 1 amide bonds. The zero-order valence-corrected chi connectivity index (χ0v) is 24.8. The standard InChI is InChI=1S/C30H28FN9O3S/c1-40(2)16-26(41)35-22-11-20(14-32-15-22)18-4-5-25-24(12-18)28(39-38-25)30-36-27-23(6-7-33-29(27)37-30)19-8-17(9-21(31)10-19)13-34-44(3,42)43/h4-12,14-15,34H,13,16H2,1-3H3,(H,35,41)(H,38,39)(H,33,36,37). The van der Waals surface area contributed by atoms with Gasteiger partial charge in [-0.25, -0.2) is 27.5 Å². The van der Waals surface area contributed by atoms with E-state index >= 15 is 0 Å². The minimum Gasteiger partial charge on any atom is -0.324 e. The van der Waals surface area contributed by atoms with Crippen LogP contribution in [-0.4, -0.2) is 76.3 Å². The molecule has 4 heterocycles. The number of benzene rings is 2. The molecule has 4 N–H and O–H groups in total. The number of nitrogens with one attached hydrogen (secondary N) is 4. The van der Waals surface area contributed by atoms with Crippen molar-refractivity contribution < 1.29 is 17.6 Å². The molecule has 0 aliphatic rings. The Bertz CT molecular complexity index is 2140. The van der Waals surface area contributed by atoms with Gasteiger partial charge in [-0.2, -0.15) is 5.10 Å². The van der Waals surface area contributed by atoms with Crippen LogP contribution in [0.5, 0.6) is 0 Å². The third-order valence-corrected chi connectivity index (χ3v) is 7.46. The molecule has 0 aliphatic heterocycles. The van der Waals surface area contributed by atoms with E-state index in [4.69, 9.17) is 4.98 Å². The van der Waals surface area contributed by atoms with Gasteiger partial charge in [-0.15, -0.1) is 0 Å². The number of amides is 1. The number of rotatable bonds is 9. The summed E-state index contributed by atoms with van der Waals surface area (Å²) in [6.07, 6.45) is 5.96. The van der Waals surface area contributed by atoms with Gasteiger partial charge in [0.05, 0.1) is 30.2 Å². The Labute approximate surface area is 251 Å². The van der Waals surface area contributed by atoms with Crippen LogP contribution in [0.25, 0.3) is 55.8 Å². The molecule has 14 heteroatoms. The molecular formula is C30H28FN9O3S. The summed E-state index contributed by atoms with van der Waals surface area (Å²) in [6, 6.07) is 13.8. The van der Waals surface area contributed by atoms with Crippen molar-refractivity contribution in [2.75, 3.05) is 32.2 Å². The molecule has 0 unspecified atom stereocenters. The number of anilines is 1. The summed E-state index contributed by atoms with van der Waals surface area (Å²) in [5, 5.41) is 11.2. The van der Waals surface area contributed by atoms with Crippen LogP contribution < -0.4 is 10.0 Å². The summed E-state index contributed by atoms with van der Waals surface area (Å²) in [5.74, 6) is -0.184. The van der Waals surface area contributed by atoms with Gasteiger partial charge >= 0.3 is 0 Å². The lowest BCUT2D eigenvalue weighted by atomic mass is 10.0. The predicted octanol–water partition coefficient (Wildman–Crippen LogP) is 3.92.